The van der Waals surface area contributed by atoms with Crippen LogP contribution in [0, 0.1) is 5.41 Å². The minimum Gasteiger partial charge on any atom is -0.418 e. The molecular weight excluding hydrogens is 302 g/mol. The molecule has 1 aromatic rings. The molecule has 4 heteroatoms. The van der Waals surface area contributed by atoms with E-state index in [0.717, 1.165) is 5.56 Å². The minimum atomic E-state index is -1.09. The molecule has 1 N–H and O–H groups in total. The van der Waals surface area contributed by atoms with E-state index in [0.29, 0.717) is 0 Å². The van der Waals surface area contributed by atoms with Crippen LogP contribution in [-0.4, -0.2) is 28.2 Å². The first kappa shape index (κ1) is 20.2. The molecule has 0 fully saturated rings. The third-order valence-electron chi connectivity index (χ3n) is 4.57. The summed E-state index contributed by atoms with van der Waals surface area (Å²) in [5, 5.41) is 11.0. The maximum Gasteiger partial charge on any atom is 0.415 e. The van der Waals surface area contributed by atoms with Crippen LogP contribution in [0.3, 0.4) is 0 Å². The summed E-state index contributed by atoms with van der Waals surface area (Å²) in [5.74, 6) is 0. The van der Waals surface area contributed by atoms with Crippen molar-refractivity contribution in [1.29, 1.82) is 0 Å². The fourth-order valence-corrected chi connectivity index (χ4v) is 2.64. The fraction of sp³-hybridized carbons (Fsp3) is 0.550. The first-order valence-electron chi connectivity index (χ1n) is 8.45. The van der Waals surface area contributed by atoms with Crippen molar-refractivity contribution in [3.05, 3.63) is 48.2 Å². The Bertz CT molecular complexity index is 552. The van der Waals surface area contributed by atoms with Crippen molar-refractivity contribution in [2.75, 3.05) is 0 Å². The molecular formula is C20H31NO3. The molecule has 24 heavy (non-hydrogen) atoms. The van der Waals surface area contributed by atoms with Crippen LogP contribution >= 0.6 is 0 Å². The third kappa shape index (κ3) is 4.60. The summed E-state index contributed by atoms with van der Waals surface area (Å²) in [7, 11) is 0. The second kappa shape index (κ2) is 7.84. The molecule has 0 spiro atoms. The van der Waals surface area contributed by atoms with Gasteiger partial charge in [-0.3, -0.25) is 0 Å². The van der Waals surface area contributed by atoms with E-state index in [1.54, 1.807) is 17.9 Å². The number of aliphatic hydroxyl groups is 1. The molecule has 1 aromatic carbocycles. The van der Waals surface area contributed by atoms with E-state index in [1.165, 1.54) is 6.26 Å². The molecule has 1 amide bonds. The van der Waals surface area contributed by atoms with Crippen molar-refractivity contribution < 1.29 is 14.6 Å². The van der Waals surface area contributed by atoms with Crippen LogP contribution in [0.4, 0.5) is 4.79 Å². The summed E-state index contributed by atoms with van der Waals surface area (Å²) in [6, 6.07) is 9.61. The van der Waals surface area contributed by atoms with Gasteiger partial charge in [0.1, 0.15) is 0 Å². The van der Waals surface area contributed by atoms with Crippen molar-refractivity contribution in [2.45, 2.75) is 66.2 Å². The second-order valence-corrected chi connectivity index (χ2v) is 7.44. The van der Waals surface area contributed by atoms with Crippen LogP contribution in [0.1, 0.15) is 54.0 Å². The Kier molecular flexibility index (Phi) is 6.61. The van der Waals surface area contributed by atoms with E-state index in [-0.39, 0.29) is 18.2 Å². The van der Waals surface area contributed by atoms with Gasteiger partial charge in [0.25, 0.3) is 0 Å². The third-order valence-corrected chi connectivity index (χ3v) is 4.57. The Hall–Kier alpha value is -1.81. The maximum atomic E-state index is 12.2. The Labute approximate surface area is 146 Å². The van der Waals surface area contributed by atoms with E-state index in [1.807, 2.05) is 71.9 Å². The topological polar surface area (TPSA) is 49.8 Å². The molecule has 0 radical (unpaired) electrons. The predicted molar refractivity (Wildman–Crippen MR) is 97.5 cm³/mol. The maximum absolute atomic E-state index is 12.2. The van der Waals surface area contributed by atoms with Gasteiger partial charge in [0.15, 0.2) is 0 Å². The molecule has 134 valence electrons. The summed E-state index contributed by atoms with van der Waals surface area (Å²) in [4.78, 5) is 13.9. The Morgan fingerprint density at radius 1 is 1.08 bits per heavy atom. The van der Waals surface area contributed by atoms with E-state index >= 15 is 0 Å². The van der Waals surface area contributed by atoms with Crippen LogP contribution in [0.5, 0.6) is 0 Å². The molecule has 0 bridgehead atoms. The van der Waals surface area contributed by atoms with Crippen LogP contribution in [0.25, 0.3) is 0 Å². The van der Waals surface area contributed by atoms with E-state index in [2.05, 4.69) is 0 Å². The minimum absolute atomic E-state index is 0.0614. The van der Waals surface area contributed by atoms with Gasteiger partial charge in [-0.15, -0.1) is 0 Å². The monoisotopic (exact) mass is 333 g/mol. The number of hydrogen-bond donors (Lipinski definition) is 1. The second-order valence-electron chi connectivity index (χ2n) is 7.44. The van der Waals surface area contributed by atoms with Gasteiger partial charge in [0.2, 0.25) is 0 Å². The zero-order valence-corrected chi connectivity index (χ0v) is 15.9. The number of carbonyl (C=O) groups is 1. The standard InChI is InChI=1S/C20H31NO3/c1-15(2)21(16(3)4)18(22)24-14-13-19(5,6)20(7,23)17-11-9-8-10-12-17/h8-16,23H,1-7H3/b14-13-. The van der Waals surface area contributed by atoms with Crippen LogP contribution in [-0.2, 0) is 10.3 Å². The number of carbonyl (C=O) groups excluding carboxylic acids is 1. The van der Waals surface area contributed by atoms with Gasteiger partial charge < -0.3 is 14.7 Å². The van der Waals surface area contributed by atoms with E-state index < -0.39 is 11.0 Å². The average Bonchev–Trinajstić information content (AvgIpc) is 2.46. The normalized spacial score (nSPS) is 14.9. The van der Waals surface area contributed by atoms with Crippen molar-refractivity contribution in [3.8, 4) is 0 Å². The first-order valence-corrected chi connectivity index (χ1v) is 8.45. The van der Waals surface area contributed by atoms with Crippen molar-refractivity contribution in [2.24, 2.45) is 5.41 Å². The number of ether oxygens (including phenoxy) is 1. The molecule has 1 rings (SSSR count). The quantitative estimate of drug-likeness (QED) is 0.768. The predicted octanol–water partition coefficient (Wildman–Crippen LogP) is 4.69. The molecule has 1 unspecified atom stereocenters. The van der Waals surface area contributed by atoms with Gasteiger partial charge in [0, 0.05) is 17.5 Å². The highest BCUT2D eigenvalue weighted by Gasteiger charge is 2.39. The van der Waals surface area contributed by atoms with Crippen molar-refractivity contribution in [3.63, 3.8) is 0 Å². The smallest absolute Gasteiger partial charge is 0.415 e. The lowest BCUT2D eigenvalue weighted by Gasteiger charge is -2.38. The largest absolute Gasteiger partial charge is 0.418 e. The van der Waals surface area contributed by atoms with Crippen molar-refractivity contribution in [1.82, 2.24) is 4.90 Å². The molecule has 0 saturated heterocycles. The number of amides is 1. The molecule has 0 aliphatic heterocycles. The van der Waals surface area contributed by atoms with Gasteiger partial charge in [0.05, 0.1) is 11.9 Å². The van der Waals surface area contributed by atoms with Crippen LogP contribution in [0.15, 0.2) is 42.7 Å². The molecule has 0 aromatic heterocycles. The molecule has 0 heterocycles. The Balaban J connectivity index is 2.86. The summed E-state index contributed by atoms with van der Waals surface area (Å²) < 4.78 is 5.29. The van der Waals surface area contributed by atoms with E-state index in [4.69, 9.17) is 4.74 Å². The highest BCUT2D eigenvalue weighted by atomic mass is 16.5. The summed E-state index contributed by atoms with van der Waals surface area (Å²) in [6.45, 7) is 13.4. The van der Waals surface area contributed by atoms with Crippen LogP contribution < -0.4 is 0 Å². The van der Waals surface area contributed by atoms with E-state index in [9.17, 15) is 9.90 Å². The summed E-state index contributed by atoms with van der Waals surface area (Å²) >= 11 is 0. The van der Waals surface area contributed by atoms with Crippen molar-refractivity contribution >= 4 is 6.09 Å². The summed E-state index contributed by atoms with van der Waals surface area (Å²) in [6.07, 6.45) is 2.74. The molecule has 0 aliphatic rings. The lowest BCUT2D eigenvalue weighted by atomic mass is 9.72. The molecule has 0 aliphatic carbocycles. The Morgan fingerprint density at radius 2 is 1.58 bits per heavy atom. The van der Waals surface area contributed by atoms with Gasteiger partial charge >= 0.3 is 6.09 Å². The highest BCUT2D eigenvalue weighted by Crippen LogP contribution is 2.40. The lowest BCUT2D eigenvalue weighted by Crippen LogP contribution is -2.42. The fourth-order valence-electron chi connectivity index (χ4n) is 2.64. The van der Waals surface area contributed by atoms with Gasteiger partial charge in [-0.2, -0.15) is 0 Å². The number of benzene rings is 1. The van der Waals surface area contributed by atoms with Gasteiger partial charge in [-0.05, 0) is 46.3 Å². The number of hydrogen-bond acceptors (Lipinski definition) is 3. The zero-order chi connectivity index (χ0) is 18.5. The highest BCUT2D eigenvalue weighted by molar-refractivity contribution is 5.69. The number of rotatable bonds is 6. The molecule has 1 atom stereocenters. The zero-order valence-electron chi connectivity index (χ0n) is 15.9. The lowest BCUT2D eigenvalue weighted by molar-refractivity contribution is -0.0319. The average molecular weight is 333 g/mol. The van der Waals surface area contributed by atoms with Crippen LogP contribution in [0.2, 0.25) is 0 Å². The number of nitrogens with zero attached hydrogens (tertiary/aromatic N) is 1. The molecule has 0 saturated carbocycles. The summed E-state index contributed by atoms with van der Waals surface area (Å²) in [5.41, 5.74) is -0.890. The molecule has 4 nitrogen and oxygen atoms in total. The van der Waals surface area contributed by atoms with Gasteiger partial charge in [-0.1, -0.05) is 44.2 Å². The first-order chi connectivity index (χ1) is 11.0. The Morgan fingerprint density at radius 3 is 2.04 bits per heavy atom. The SMILES string of the molecule is CC(C)N(C(=O)O/C=C\C(C)(C)C(C)(O)c1ccccc1)C(C)C. The van der Waals surface area contributed by atoms with Gasteiger partial charge in [-0.25, -0.2) is 4.79 Å².